The molecule has 2 heterocycles. The second-order valence-corrected chi connectivity index (χ2v) is 9.75. The lowest BCUT2D eigenvalue weighted by Crippen LogP contribution is -2.40. The van der Waals surface area contributed by atoms with Gasteiger partial charge in [-0.2, -0.15) is 22.6 Å². The minimum atomic E-state index is -4.87. The number of sulfonamides is 1. The minimum Gasteiger partial charge on any atom is -0.379 e. The van der Waals surface area contributed by atoms with E-state index in [2.05, 4.69) is 10.4 Å². The topological polar surface area (TPSA) is 111 Å². The first-order chi connectivity index (χ1) is 15.6. The van der Waals surface area contributed by atoms with Crippen LogP contribution in [0, 0.1) is 0 Å². The van der Waals surface area contributed by atoms with E-state index in [-0.39, 0.29) is 48.5 Å². The van der Waals surface area contributed by atoms with E-state index < -0.39 is 39.8 Å². The molecule has 1 aliphatic carbocycles. The van der Waals surface area contributed by atoms with E-state index in [1.54, 1.807) is 0 Å². The SMILES string of the molecule is O=C(Cn1nc(C2CC2)cc(C(F)(F)F)c1=O)Nc1cccc(S(=O)(=O)N2CCOCC2)c1. The average molecular weight is 486 g/mol. The fourth-order valence-electron chi connectivity index (χ4n) is 3.46. The highest BCUT2D eigenvalue weighted by Gasteiger charge is 2.37. The number of carbonyl (C=O) groups is 1. The average Bonchev–Trinajstić information content (AvgIpc) is 3.60. The first-order valence-electron chi connectivity index (χ1n) is 10.2. The first kappa shape index (κ1) is 23.4. The third-order valence-corrected chi connectivity index (χ3v) is 7.21. The number of hydrogen-bond donors (Lipinski definition) is 1. The summed E-state index contributed by atoms with van der Waals surface area (Å²) in [6, 6.07) is 6.24. The maximum atomic E-state index is 13.3. The Morgan fingerprint density at radius 1 is 1.18 bits per heavy atom. The lowest BCUT2D eigenvalue weighted by atomic mass is 10.2. The van der Waals surface area contributed by atoms with Crippen molar-refractivity contribution in [3.8, 4) is 0 Å². The van der Waals surface area contributed by atoms with E-state index in [1.807, 2.05) is 0 Å². The van der Waals surface area contributed by atoms with E-state index in [9.17, 15) is 31.2 Å². The Labute approximate surface area is 187 Å². The van der Waals surface area contributed by atoms with Gasteiger partial charge in [-0.05, 0) is 37.1 Å². The number of halogens is 3. The van der Waals surface area contributed by atoms with E-state index in [1.165, 1.54) is 28.6 Å². The van der Waals surface area contributed by atoms with Gasteiger partial charge in [-0.25, -0.2) is 13.1 Å². The molecule has 1 aromatic heterocycles. The summed E-state index contributed by atoms with van der Waals surface area (Å²) >= 11 is 0. The third kappa shape index (κ3) is 5.25. The summed E-state index contributed by atoms with van der Waals surface area (Å²) in [5.74, 6) is -0.977. The Bertz CT molecular complexity index is 1220. The molecule has 0 atom stereocenters. The summed E-state index contributed by atoms with van der Waals surface area (Å²) < 4.78 is 72.3. The lowest BCUT2D eigenvalue weighted by Gasteiger charge is -2.26. The maximum Gasteiger partial charge on any atom is 0.421 e. The monoisotopic (exact) mass is 486 g/mol. The van der Waals surface area contributed by atoms with Crippen molar-refractivity contribution in [2.75, 3.05) is 31.6 Å². The molecule has 13 heteroatoms. The summed E-state index contributed by atoms with van der Waals surface area (Å²) in [5.41, 5.74) is -2.54. The number of amides is 1. The van der Waals surface area contributed by atoms with Crippen LogP contribution in [0.5, 0.6) is 0 Å². The molecule has 1 aromatic carbocycles. The largest absolute Gasteiger partial charge is 0.421 e. The Balaban J connectivity index is 1.54. The van der Waals surface area contributed by atoms with Crippen molar-refractivity contribution in [2.45, 2.75) is 36.4 Å². The van der Waals surface area contributed by atoms with Gasteiger partial charge >= 0.3 is 6.18 Å². The number of rotatable bonds is 6. The molecule has 2 aromatic rings. The molecule has 0 spiro atoms. The molecule has 33 heavy (non-hydrogen) atoms. The Kier molecular flexibility index (Phi) is 6.29. The van der Waals surface area contributed by atoms with Crippen LogP contribution >= 0.6 is 0 Å². The maximum absolute atomic E-state index is 13.3. The highest BCUT2D eigenvalue weighted by molar-refractivity contribution is 7.89. The van der Waals surface area contributed by atoms with E-state index in [0.29, 0.717) is 17.5 Å². The van der Waals surface area contributed by atoms with Crippen LogP contribution in [0.3, 0.4) is 0 Å². The standard InChI is InChI=1S/C20H21F3N4O5S/c21-20(22,23)16-11-17(13-4-5-13)25-27(19(16)29)12-18(28)24-14-2-1-3-15(10-14)33(30,31)26-6-8-32-9-7-26/h1-3,10-11,13H,4-9,12H2,(H,24,28). The summed E-state index contributed by atoms with van der Waals surface area (Å²) in [5, 5.41) is 6.36. The van der Waals surface area contributed by atoms with Gasteiger partial charge in [0.25, 0.3) is 5.56 Å². The van der Waals surface area contributed by atoms with Crippen LogP contribution in [-0.4, -0.2) is 54.7 Å². The predicted octanol–water partition coefficient (Wildman–Crippen LogP) is 1.80. The zero-order valence-electron chi connectivity index (χ0n) is 17.3. The quantitative estimate of drug-likeness (QED) is 0.667. The Morgan fingerprint density at radius 3 is 2.52 bits per heavy atom. The molecule has 1 saturated carbocycles. The highest BCUT2D eigenvalue weighted by Crippen LogP contribution is 2.40. The molecule has 0 bridgehead atoms. The van der Waals surface area contributed by atoms with E-state index in [4.69, 9.17) is 4.74 Å². The van der Waals surface area contributed by atoms with Gasteiger partial charge in [0.2, 0.25) is 15.9 Å². The second-order valence-electron chi connectivity index (χ2n) is 7.81. The second kappa shape index (κ2) is 8.88. The number of ether oxygens (including phenoxy) is 1. The molecule has 0 unspecified atom stereocenters. The Hall–Kier alpha value is -2.77. The van der Waals surface area contributed by atoms with Crippen LogP contribution in [0.2, 0.25) is 0 Å². The number of nitrogens with zero attached hydrogens (tertiary/aromatic N) is 3. The van der Waals surface area contributed by atoms with Gasteiger partial charge < -0.3 is 10.1 Å². The van der Waals surface area contributed by atoms with Crippen LogP contribution in [0.4, 0.5) is 18.9 Å². The van der Waals surface area contributed by atoms with Crippen molar-refractivity contribution in [3.05, 3.63) is 51.9 Å². The van der Waals surface area contributed by atoms with Crippen molar-refractivity contribution >= 4 is 21.6 Å². The van der Waals surface area contributed by atoms with Gasteiger partial charge in [0.1, 0.15) is 12.1 Å². The minimum absolute atomic E-state index is 0.0485. The number of hydrogen-bond acceptors (Lipinski definition) is 6. The molecule has 4 rings (SSSR count). The molecule has 1 amide bonds. The molecule has 1 aliphatic heterocycles. The van der Waals surface area contributed by atoms with Crippen LogP contribution < -0.4 is 10.9 Å². The van der Waals surface area contributed by atoms with Crippen molar-refractivity contribution in [1.29, 1.82) is 0 Å². The number of aromatic nitrogens is 2. The van der Waals surface area contributed by atoms with E-state index >= 15 is 0 Å². The van der Waals surface area contributed by atoms with Crippen LogP contribution in [-0.2, 0) is 32.3 Å². The molecule has 1 saturated heterocycles. The van der Waals surface area contributed by atoms with Gasteiger partial charge in [0.05, 0.1) is 23.8 Å². The number of benzene rings is 1. The summed E-state index contributed by atoms with van der Waals surface area (Å²) in [6.07, 6.45) is -3.54. The lowest BCUT2D eigenvalue weighted by molar-refractivity contribution is -0.139. The highest BCUT2D eigenvalue weighted by atomic mass is 32.2. The summed E-state index contributed by atoms with van der Waals surface area (Å²) in [6.45, 7) is 0.205. The molecule has 2 fully saturated rings. The predicted molar refractivity (Wildman–Crippen MR) is 110 cm³/mol. The van der Waals surface area contributed by atoms with Crippen LogP contribution in [0.25, 0.3) is 0 Å². The van der Waals surface area contributed by atoms with Gasteiger partial charge in [0, 0.05) is 24.7 Å². The normalized spacial score (nSPS) is 17.7. The Morgan fingerprint density at radius 2 is 1.88 bits per heavy atom. The van der Waals surface area contributed by atoms with Gasteiger partial charge in [-0.15, -0.1) is 0 Å². The van der Waals surface area contributed by atoms with Gasteiger partial charge in [0.15, 0.2) is 0 Å². The molecule has 178 valence electrons. The number of nitrogens with one attached hydrogen (secondary N) is 1. The molecule has 0 radical (unpaired) electrons. The van der Waals surface area contributed by atoms with Gasteiger partial charge in [-0.3, -0.25) is 9.59 Å². The van der Waals surface area contributed by atoms with Crippen molar-refractivity contribution < 1.29 is 31.1 Å². The molecule has 9 nitrogen and oxygen atoms in total. The zero-order chi connectivity index (χ0) is 23.8. The number of morpholine rings is 1. The van der Waals surface area contributed by atoms with Crippen molar-refractivity contribution in [1.82, 2.24) is 14.1 Å². The molecular weight excluding hydrogens is 465 g/mol. The fraction of sp³-hybridized carbons (Fsp3) is 0.450. The third-order valence-electron chi connectivity index (χ3n) is 5.31. The van der Waals surface area contributed by atoms with Crippen LogP contribution in [0.1, 0.15) is 30.0 Å². The summed E-state index contributed by atoms with van der Waals surface area (Å²) in [4.78, 5) is 24.7. The molecular formula is C20H21F3N4O5S. The summed E-state index contributed by atoms with van der Waals surface area (Å²) in [7, 11) is -3.81. The number of anilines is 1. The zero-order valence-corrected chi connectivity index (χ0v) is 18.2. The number of carbonyl (C=O) groups excluding carboxylic acids is 1. The van der Waals surface area contributed by atoms with Gasteiger partial charge in [-0.1, -0.05) is 6.07 Å². The molecule has 2 aliphatic rings. The first-order valence-corrected chi connectivity index (χ1v) is 11.7. The fourth-order valence-corrected chi connectivity index (χ4v) is 4.91. The van der Waals surface area contributed by atoms with E-state index in [0.717, 1.165) is 6.07 Å². The molecule has 1 N–H and O–H groups in total. The number of alkyl halides is 3. The van der Waals surface area contributed by atoms with Crippen LogP contribution in [0.15, 0.2) is 40.0 Å². The smallest absolute Gasteiger partial charge is 0.379 e. The van der Waals surface area contributed by atoms with Crippen molar-refractivity contribution in [3.63, 3.8) is 0 Å². The van der Waals surface area contributed by atoms with Crippen molar-refractivity contribution in [2.24, 2.45) is 0 Å².